The average Bonchev–Trinajstić information content (AvgIpc) is 3.07. The Kier molecular flexibility index (Phi) is 3.36. The molecular weight excluding hydrogens is 236 g/mol. The summed E-state index contributed by atoms with van der Waals surface area (Å²) in [6.07, 6.45) is 1.85. The van der Waals surface area contributed by atoms with E-state index in [0.29, 0.717) is 5.76 Å². The average molecular weight is 252 g/mol. The number of amides is 1. The highest BCUT2D eigenvalue weighted by atomic mass is 16.5. The standard InChI is InChI=1S/C12H16N2O4/c1-7(12(16)17)6-14(9-3-4-9)11(15)10-5-8(2)18-13-10/h5,7,9H,3-4,6H2,1-2H3,(H,16,17)/t7-/m0/s1. The van der Waals surface area contributed by atoms with Crippen LogP contribution in [0.5, 0.6) is 0 Å². The predicted octanol–water partition coefficient (Wildman–Crippen LogP) is 1.31. The Morgan fingerprint density at radius 2 is 2.28 bits per heavy atom. The van der Waals surface area contributed by atoms with Crippen molar-refractivity contribution in [2.24, 2.45) is 5.92 Å². The lowest BCUT2D eigenvalue weighted by Gasteiger charge is -2.23. The summed E-state index contributed by atoms with van der Waals surface area (Å²) in [7, 11) is 0. The van der Waals surface area contributed by atoms with Crippen LogP contribution in [0.4, 0.5) is 0 Å². The van der Waals surface area contributed by atoms with Crippen LogP contribution in [0.3, 0.4) is 0 Å². The molecule has 0 saturated heterocycles. The van der Waals surface area contributed by atoms with Crippen molar-refractivity contribution in [2.75, 3.05) is 6.54 Å². The van der Waals surface area contributed by atoms with Crippen molar-refractivity contribution in [2.45, 2.75) is 32.7 Å². The van der Waals surface area contributed by atoms with Crippen molar-refractivity contribution < 1.29 is 19.2 Å². The lowest BCUT2D eigenvalue weighted by Crippen LogP contribution is -2.38. The number of aryl methyl sites for hydroxylation is 1. The van der Waals surface area contributed by atoms with Gasteiger partial charge in [0.2, 0.25) is 0 Å². The molecule has 0 unspecified atom stereocenters. The highest BCUT2D eigenvalue weighted by Crippen LogP contribution is 2.29. The maximum absolute atomic E-state index is 12.2. The molecular formula is C12H16N2O4. The number of hydrogen-bond donors (Lipinski definition) is 1. The number of carbonyl (C=O) groups is 2. The fourth-order valence-corrected chi connectivity index (χ4v) is 1.77. The quantitative estimate of drug-likeness (QED) is 0.854. The Bertz CT molecular complexity index is 464. The van der Waals surface area contributed by atoms with Gasteiger partial charge in [-0.1, -0.05) is 12.1 Å². The zero-order valence-electron chi connectivity index (χ0n) is 10.4. The smallest absolute Gasteiger partial charge is 0.308 e. The minimum atomic E-state index is -0.898. The summed E-state index contributed by atoms with van der Waals surface area (Å²) in [4.78, 5) is 24.7. The minimum Gasteiger partial charge on any atom is -0.481 e. The Balaban J connectivity index is 2.10. The summed E-state index contributed by atoms with van der Waals surface area (Å²) in [5.74, 6) is -1.16. The van der Waals surface area contributed by atoms with Gasteiger partial charge in [-0.25, -0.2) is 0 Å². The molecule has 1 amide bonds. The van der Waals surface area contributed by atoms with Gasteiger partial charge in [0.15, 0.2) is 5.69 Å². The van der Waals surface area contributed by atoms with E-state index in [0.717, 1.165) is 12.8 Å². The molecule has 0 aliphatic heterocycles. The largest absolute Gasteiger partial charge is 0.481 e. The first-order valence-electron chi connectivity index (χ1n) is 5.96. The second-order valence-corrected chi connectivity index (χ2v) is 4.75. The molecule has 0 radical (unpaired) electrons. The molecule has 6 nitrogen and oxygen atoms in total. The van der Waals surface area contributed by atoms with Crippen molar-refractivity contribution in [3.63, 3.8) is 0 Å². The lowest BCUT2D eigenvalue weighted by molar-refractivity contribution is -0.141. The summed E-state index contributed by atoms with van der Waals surface area (Å²) in [6, 6.07) is 1.72. The first-order chi connectivity index (χ1) is 8.49. The van der Waals surface area contributed by atoms with Crippen molar-refractivity contribution >= 4 is 11.9 Å². The van der Waals surface area contributed by atoms with E-state index in [1.807, 2.05) is 0 Å². The number of hydrogen-bond acceptors (Lipinski definition) is 4. The van der Waals surface area contributed by atoms with Gasteiger partial charge in [0.25, 0.3) is 5.91 Å². The molecule has 1 aromatic heterocycles. The first kappa shape index (κ1) is 12.6. The van der Waals surface area contributed by atoms with Crippen LogP contribution in [-0.4, -0.2) is 39.6 Å². The summed E-state index contributed by atoms with van der Waals surface area (Å²) in [5.41, 5.74) is 0.247. The van der Waals surface area contributed by atoms with Gasteiger partial charge in [-0.3, -0.25) is 9.59 Å². The van der Waals surface area contributed by atoms with E-state index in [4.69, 9.17) is 9.63 Å². The van der Waals surface area contributed by atoms with Gasteiger partial charge in [0, 0.05) is 18.7 Å². The van der Waals surface area contributed by atoms with Gasteiger partial charge < -0.3 is 14.5 Å². The first-order valence-corrected chi connectivity index (χ1v) is 5.96. The van der Waals surface area contributed by atoms with Crippen LogP contribution in [-0.2, 0) is 4.79 Å². The fourth-order valence-electron chi connectivity index (χ4n) is 1.77. The maximum atomic E-state index is 12.2. The van der Waals surface area contributed by atoms with Crippen molar-refractivity contribution in [3.05, 3.63) is 17.5 Å². The second kappa shape index (κ2) is 4.80. The number of aliphatic carboxylic acids is 1. The molecule has 1 aliphatic carbocycles. The molecule has 0 spiro atoms. The van der Waals surface area contributed by atoms with Crippen molar-refractivity contribution in [3.8, 4) is 0 Å². The topological polar surface area (TPSA) is 83.6 Å². The van der Waals surface area contributed by atoms with Gasteiger partial charge in [-0.15, -0.1) is 0 Å². The molecule has 0 bridgehead atoms. The van der Waals surface area contributed by atoms with Crippen molar-refractivity contribution in [1.29, 1.82) is 0 Å². The number of aromatic nitrogens is 1. The number of rotatable bonds is 5. The van der Waals surface area contributed by atoms with Gasteiger partial charge in [-0.05, 0) is 19.8 Å². The third kappa shape index (κ3) is 2.69. The normalized spacial score (nSPS) is 16.3. The zero-order valence-corrected chi connectivity index (χ0v) is 10.4. The van der Waals surface area contributed by atoms with Crippen LogP contribution in [0.15, 0.2) is 10.6 Å². The molecule has 1 saturated carbocycles. The molecule has 6 heteroatoms. The Morgan fingerprint density at radius 1 is 1.61 bits per heavy atom. The molecule has 1 N–H and O–H groups in total. The summed E-state index contributed by atoms with van der Waals surface area (Å²) in [6.45, 7) is 3.52. The third-order valence-corrected chi connectivity index (χ3v) is 2.99. The fraction of sp³-hybridized carbons (Fsp3) is 0.583. The molecule has 2 rings (SSSR count). The molecule has 1 aromatic rings. The van der Waals surface area contributed by atoms with E-state index in [-0.39, 0.29) is 24.2 Å². The predicted molar refractivity (Wildman–Crippen MR) is 62.1 cm³/mol. The van der Waals surface area contributed by atoms with E-state index in [1.54, 1.807) is 24.8 Å². The molecule has 1 heterocycles. The Morgan fingerprint density at radius 3 is 2.72 bits per heavy atom. The number of carboxylic acids is 1. The van der Waals surface area contributed by atoms with Crippen LogP contribution in [0.25, 0.3) is 0 Å². The van der Waals surface area contributed by atoms with Crippen LogP contribution in [0.1, 0.15) is 36.0 Å². The zero-order chi connectivity index (χ0) is 13.3. The van der Waals surface area contributed by atoms with E-state index >= 15 is 0 Å². The third-order valence-electron chi connectivity index (χ3n) is 2.99. The van der Waals surface area contributed by atoms with Gasteiger partial charge in [0.05, 0.1) is 5.92 Å². The molecule has 1 fully saturated rings. The maximum Gasteiger partial charge on any atom is 0.308 e. The van der Waals surface area contributed by atoms with E-state index in [9.17, 15) is 9.59 Å². The molecule has 0 aromatic carbocycles. The van der Waals surface area contributed by atoms with Gasteiger partial charge in [0.1, 0.15) is 5.76 Å². The minimum absolute atomic E-state index is 0.149. The van der Waals surface area contributed by atoms with Crippen LogP contribution < -0.4 is 0 Å². The summed E-state index contributed by atoms with van der Waals surface area (Å²) >= 11 is 0. The number of nitrogens with zero attached hydrogens (tertiary/aromatic N) is 2. The van der Waals surface area contributed by atoms with Gasteiger partial charge in [-0.2, -0.15) is 0 Å². The molecule has 98 valence electrons. The van der Waals surface area contributed by atoms with Crippen LogP contribution in [0.2, 0.25) is 0 Å². The second-order valence-electron chi connectivity index (χ2n) is 4.75. The Labute approximate surface area is 105 Å². The number of carbonyl (C=O) groups excluding carboxylic acids is 1. The summed E-state index contributed by atoms with van der Waals surface area (Å²) in [5, 5.41) is 12.6. The number of carboxylic acid groups (broad SMARTS) is 1. The van der Waals surface area contributed by atoms with E-state index < -0.39 is 11.9 Å². The highest BCUT2D eigenvalue weighted by Gasteiger charge is 2.35. The summed E-state index contributed by atoms with van der Waals surface area (Å²) < 4.78 is 4.87. The highest BCUT2D eigenvalue weighted by molar-refractivity contribution is 5.93. The molecule has 1 atom stereocenters. The van der Waals surface area contributed by atoms with E-state index in [1.165, 1.54) is 0 Å². The van der Waals surface area contributed by atoms with Crippen LogP contribution in [0, 0.1) is 12.8 Å². The molecule has 18 heavy (non-hydrogen) atoms. The van der Waals surface area contributed by atoms with Crippen molar-refractivity contribution in [1.82, 2.24) is 10.1 Å². The Hall–Kier alpha value is -1.85. The molecule has 1 aliphatic rings. The lowest BCUT2D eigenvalue weighted by atomic mass is 10.1. The monoisotopic (exact) mass is 252 g/mol. The SMILES string of the molecule is Cc1cc(C(=O)N(C[C@H](C)C(=O)O)C2CC2)no1. The van der Waals surface area contributed by atoms with Gasteiger partial charge >= 0.3 is 5.97 Å². The van der Waals surface area contributed by atoms with E-state index in [2.05, 4.69) is 5.16 Å². The van der Waals surface area contributed by atoms with Crippen LogP contribution >= 0.6 is 0 Å².